The maximum absolute atomic E-state index is 13.5. The summed E-state index contributed by atoms with van der Waals surface area (Å²) in [6.07, 6.45) is 1.73. The molecule has 11 heteroatoms. The van der Waals surface area contributed by atoms with Crippen LogP contribution in [-0.4, -0.2) is 98.0 Å². The number of ether oxygens (including phenoxy) is 3. The second-order valence-corrected chi connectivity index (χ2v) is 25.2. The third-order valence-electron chi connectivity index (χ3n) is 10.2. The minimum absolute atomic E-state index is 0.112. The molecule has 2 aromatic rings. The number of carbonyl (C=O) groups is 3. The van der Waals surface area contributed by atoms with E-state index >= 15 is 0 Å². The van der Waals surface area contributed by atoms with Gasteiger partial charge in [-0.25, -0.2) is 4.79 Å². The third-order valence-corrected chi connectivity index (χ3v) is 16.2. The lowest BCUT2D eigenvalue weighted by Crippen LogP contribution is -2.66. The molecular formula is C41H65NO8Si2. The van der Waals surface area contributed by atoms with Crippen LogP contribution in [0.15, 0.2) is 60.7 Å². The highest BCUT2D eigenvalue weighted by Crippen LogP contribution is 2.37. The molecule has 1 heterocycles. The molecule has 0 spiro atoms. The van der Waals surface area contributed by atoms with Crippen LogP contribution in [0.1, 0.15) is 73.1 Å². The fourth-order valence-electron chi connectivity index (χ4n) is 7.54. The summed E-state index contributed by atoms with van der Waals surface area (Å²) in [5, 5.41) is 2.34. The summed E-state index contributed by atoms with van der Waals surface area (Å²) in [5.41, 5.74) is 0. The Morgan fingerprint density at radius 2 is 1.37 bits per heavy atom. The molecule has 1 aliphatic heterocycles. The number of amides is 1. The Morgan fingerprint density at radius 3 is 1.85 bits per heavy atom. The van der Waals surface area contributed by atoms with E-state index in [0.717, 1.165) is 12.8 Å². The summed E-state index contributed by atoms with van der Waals surface area (Å²) < 4.78 is 31.3. The second-order valence-electron chi connectivity index (χ2n) is 16.5. The number of ketones is 1. The fraction of sp³-hybridized carbons (Fsp3) is 0.634. The van der Waals surface area contributed by atoms with Crippen LogP contribution in [0.5, 0.6) is 0 Å². The largest absolute Gasteiger partial charge is 0.467 e. The molecule has 1 saturated heterocycles. The van der Waals surface area contributed by atoms with Crippen LogP contribution in [0.4, 0.5) is 0 Å². The van der Waals surface area contributed by atoms with Gasteiger partial charge in [0.1, 0.15) is 11.8 Å². The van der Waals surface area contributed by atoms with Crippen molar-refractivity contribution in [2.75, 3.05) is 34.5 Å². The number of carbonyl (C=O) groups excluding carboxylic acids is 3. The van der Waals surface area contributed by atoms with Gasteiger partial charge >= 0.3 is 5.97 Å². The van der Waals surface area contributed by atoms with Crippen LogP contribution in [0.2, 0.25) is 24.7 Å². The fourth-order valence-corrected chi connectivity index (χ4v) is 13.3. The van der Waals surface area contributed by atoms with Gasteiger partial charge in [0.05, 0.1) is 31.8 Å². The molecule has 1 amide bonds. The van der Waals surface area contributed by atoms with E-state index in [2.05, 4.69) is 108 Å². The lowest BCUT2D eigenvalue weighted by Gasteiger charge is -2.44. The number of Topliss-reactive ketones (excluding diaryl/α,β-unsaturated/α-hetero) is 1. The summed E-state index contributed by atoms with van der Waals surface area (Å²) in [5.74, 6) is -1.32. The maximum atomic E-state index is 13.5. The van der Waals surface area contributed by atoms with E-state index in [1.807, 2.05) is 6.92 Å². The number of rotatable bonds is 19. The molecule has 0 radical (unpaired) electrons. The Labute approximate surface area is 315 Å². The van der Waals surface area contributed by atoms with Crippen LogP contribution in [0, 0.1) is 11.8 Å². The van der Waals surface area contributed by atoms with Gasteiger partial charge in [-0.15, -0.1) is 0 Å². The number of methoxy groups -OCH3 is 3. The normalized spacial score (nSPS) is 18.6. The number of piperidine rings is 1. The first kappa shape index (κ1) is 43.7. The summed E-state index contributed by atoms with van der Waals surface area (Å²) in [6, 6.07) is 20.6. The van der Waals surface area contributed by atoms with Gasteiger partial charge in [-0.3, -0.25) is 9.59 Å². The van der Waals surface area contributed by atoms with Crippen molar-refractivity contribution in [2.24, 2.45) is 11.8 Å². The van der Waals surface area contributed by atoms with Gasteiger partial charge in [0, 0.05) is 33.3 Å². The lowest BCUT2D eigenvalue weighted by molar-refractivity contribution is -0.155. The molecule has 0 saturated carbocycles. The summed E-state index contributed by atoms with van der Waals surface area (Å²) in [6.45, 7) is 18.3. The van der Waals surface area contributed by atoms with Crippen molar-refractivity contribution in [2.45, 2.75) is 122 Å². The lowest BCUT2D eigenvalue weighted by atomic mass is 9.90. The van der Waals surface area contributed by atoms with E-state index < -0.39 is 46.8 Å². The van der Waals surface area contributed by atoms with E-state index in [0.29, 0.717) is 32.4 Å². The first-order valence-corrected chi connectivity index (χ1v) is 24.2. The maximum Gasteiger partial charge on any atom is 0.328 e. The molecule has 0 bridgehead atoms. The van der Waals surface area contributed by atoms with Crippen LogP contribution >= 0.6 is 0 Å². The van der Waals surface area contributed by atoms with Crippen LogP contribution in [0.25, 0.3) is 0 Å². The number of likely N-dealkylation sites (tertiary alicyclic amines) is 1. The smallest absolute Gasteiger partial charge is 0.328 e. The Kier molecular flexibility index (Phi) is 16.5. The number of benzene rings is 2. The molecule has 0 unspecified atom stereocenters. The minimum Gasteiger partial charge on any atom is -0.467 e. The van der Waals surface area contributed by atoms with Gasteiger partial charge in [0.2, 0.25) is 5.91 Å². The summed E-state index contributed by atoms with van der Waals surface area (Å²) in [4.78, 5) is 40.7. The van der Waals surface area contributed by atoms with E-state index in [1.165, 1.54) is 22.4 Å². The Bertz CT molecular complexity index is 1370. The quantitative estimate of drug-likeness (QED) is 0.0926. The van der Waals surface area contributed by atoms with Gasteiger partial charge in [-0.1, -0.05) is 95.3 Å². The minimum atomic E-state index is -2.73. The first-order valence-electron chi connectivity index (χ1n) is 18.9. The highest BCUT2D eigenvalue weighted by atomic mass is 28.4. The summed E-state index contributed by atoms with van der Waals surface area (Å²) in [7, 11) is -0.163. The average molecular weight is 756 g/mol. The van der Waals surface area contributed by atoms with Crippen molar-refractivity contribution in [1.29, 1.82) is 0 Å². The second kappa shape index (κ2) is 19.6. The van der Waals surface area contributed by atoms with E-state index in [1.54, 1.807) is 14.2 Å². The van der Waals surface area contributed by atoms with Crippen molar-refractivity contribution in [3.63, 3.8) is 0 Å². The molecule has 6 atom stereocenters. The average Bonchev–Trinajstić information content (AvgIpc) is 3.11. The Balaban J connectivity index is 1.80. The predicted octanol–water partition coefficient (Wildman–Crippen LogP) is 6.38. The zero-order valence-corrected chi connectivity index (χ0v) is 35.6. The molecule has 0 aromatic heterocycles. The molecule has 1 aliphatic rings. The van der Waals surface area contributed by atoms with E-state index in [-0.39, 0.29) is 35.2 Å². The van der Waals surface area contributed by atoms with Gasteiger partial charge in [0.25, 0.3) is 8.32 Å². The van der Waals surface area contributed by atoms with Crippen molar-refractivity contribution < 1.29 is 37.4 Å². The number of hydrogen-bond acceptors (Lipinski definition) is 8. The molecular weight excluding hydrogens is 691 g/mol. The van der Waals surface area contributed by atoms with Gasteiger partial charge in [0.15, 0.2) is 8.32 Å². The standard InChI is InChI=1S/C41H65NO8Si2/c1-30(29-49-52(41(3,4)5,32-20-14-12-15-21-32)33-22-16-13-17-23-33)26-36(46-6)39(50-51(9,10)11)37(47-7)27-31(2)35(43)28-38(44)42-25-19-18-24-34(42)40(45)48-8/h12-17,20-23,30-31,34,36-37,39H,18-19,24-29H2,1-11H3/t30-,31-,34+,36+,37+,39-/m1/s1. The molecule has 9 nitrogen and oxygen atoms in total. The molecule has 1 fully saturated rings. The van der Waals surface area contributed by atoms with E-state index in [4.69, 9.17) is 23.1 Å². The molecule has 3 rings (SSSR count). The number of hydrogen-bond donors (Lipinski definition) is 0. The summed E-state index contributed by atoms with van der Waals surface area (Å²) >= 11 is 0. The van der Waals surface area contributed by atoms with Crippen molar-refractivity contribution in [3.8, 4) is 0 Å². The monoisotopic (exact) mass is 755 g/mol. The topological polar surface area (TPSA) is 101 Å². The Hall–Kier alpha value is -2.68. The molecule has 52 heavy (non-hydrogen) atoms. The highest BCUT2D eigenvalue weighted by molar-refractivity contribution is 6.99. The number of nitrogens with zero attached hydrogens (tertiary/aromatic N) is 1. The van der Waals surface area contributed by atoms with Crippen molar-refractivity contribution in [1.82, 2.24) is 4.90 Å². The molecule has 2 aromatic carbocycles. The van der Waals surface area contributed by atoms with E-state index in [9.17, 15) is 14.4 Å². The predicted molar refractivity (Wildman–Crippen MR) is 212 cm³/mol. The van der Waals surface area contributed by atoms with Gasteiger partial charge in [-0.2, -0.15) is 0 Å². The van der Waals surface area contributed by atoms with Crippen LogP contribution < -0.4 is 10.4 Å². The Morgan fingerprint density at radius 1 is 0.827 bits per heavy atom. The zero-order chi connectivity index (χ0) is 38.7. The van der Waals surface area contributed by atoms with Crippen molar-refractivity contribution in [3.05, 3.63) is 60.7 Å². The van der Waals surface area contributed by atoms with Crippen LogP contribution in [-0.2, 0) is 37.4 Å². The first-order chi connectivity index (χ1) is 24.5. The van der Waals surface area contributed by atoms with Gasteiger partial charge in [-0.05, 0) is 73.1 Å². The number of esters is 1. The molecule has 0 N–H and O–H groups in total. The highest BCUT2D eigenvalue weighted by Gasteiger charge is 2.50. The van der Waals surface area contributed by atoms with Crippen molar-refractivity contribution >= 4 is 44.7 Å². The third kappa shape index (κ3) is 11.4. The zero-order valence-electron chi connectivity index (χ0n) is 33.6. The van der Waals surface area contributed by atoms with Gasteiger partial charge < -0.3 is 28.0 Å². The molecule has 0 aliphatic carbocycles. The molecule has 290 valence electrons. The SMILES string of the molecule is COC(=O)[C@@H]1CCCCN1C(=O)CC(=O)[C@H](C)C[C@H](OC)[C@H](O[Si](C)(C)C)[C@H](C[C@@H](C)CO[Si](c1ccccc1)(c1ccccc1)C(C)(C)C)OC. The van der Waals surface area contributed by atoms with Crippen LogP contribution in [0.3, 0.4) is 0 Å².